The minimum atomic E-state index is 0.0150. The molecule has 116 valence electrons. The van der Waals surface area contributed by atoms with E-state index in [1.54, 1.807) is 0 Å². The van der Waals surface area contributed by atoms with Crippen LogP contribution in [0.2, 0.25) is 0 Å². The van der Waals surface area contributed by atoms with Crippen LogP contribution in [0, 0.1) is 11.8 Å². The van der Waals surface area contributed by atoms with Gasteiger partial charge < -0.3 is 10.3 Å². The van der Waals surface area contributed by atoms with E-state index in [0.29, 0.717) is 11.8 Å². The molecule has 2 rings (SSSR count). The van der Waals surface area contributed by atoms with Gasteiger partial charge >= 0.3 is 0 Å². The highest BCUT2D eigenvalue weighted by Gasteiger charge is 2.18. The van der Waals surface area contributed by atoms with Crippen molar-refractivity contribution in [2.75, 3.05) is 0 Å². The second kappa shape index (κ2) is 6.61. The van der Waals surface area contributed by atoms with Crippen LogP contribution in [-0.4, -0.2) is 9.55 Å². The molecular formula is C18H29N3. The highest BCUT2D eigenvalue weighted by molar-refractivity contribution is 5.77. The number of fused-ring (bicyclic) bond motifs is 1. The van der Waals surface area contributed by atoms with Gasteiger partial charge in [-0.2, -0.15) is 0 Å². The molecule has 0 radical (unpaired) electrons. The van der Waals surface area contributed by atoms with E-state index in [2.05, 4.69) is 57.4 Å². The molecule has 1 unspecified atom stereocenters. The van der Waals surface area contributed by atoms with Crippen molar-refractivity contribution in [2.24, 2.45) is 17.6 Å². The molecule has 0 saturated heterocycles. The van der Waals surface area contributed by atoms with Crippen molar-refractivity contribution in [3.05, 3.63) is 29.6 Å². The summed E-state index contributed by atoms with van der Waals surface area (Å²) in [4.78, 5) is 4.87. The Morgan fingerprint density at radius 3 is 2.43 bits per heavy atom. The van der Waals surface area contributed by atoms with Crippen LogP contribution < -0.4 is 5.73 Å². The minimum Gasteiger partial charge on any atom is -0.326 e. The Labute approximate surface area is 128 Å². The van der Waals surface area contributed by atoms with E-state index in [0.717, 1.165) is 30.7 Å². The summed E-state index contributed by atoms with van der Waals surface area (Å²) in [6.45, 7) is 12.1. The maximum atomic E-state index is 6.42. The van der Waals surface area contributed by atoms with Crippen LogP contribution in [0.1, 0.15) is 58.5 Å². The molecule has 1 atom stereocenters. The number of benzene rings is 1. The maximum Gasteiger partial charge on any atom is 0.126 e. The maximum absolute atomic E-state index is 6.42. The lowest BCUT2D eigenvalue weighted by Gasteiger charge is -2.17. The van der Waals surface area contributed by atoms with E-state index in [4.69, 9.17) is 10.7 Å². The van der Waals surface area contributed by atoms with Gasteiger partial charge in [-0.05, 0) is 42.4 Å². The van der Waals surface area contributed by atoms with Gasteiger partial charge in [0, 0.05) is 6.54 Å². The van der Waals surface area contributed by atoms with Crippen LogP contribution in [-0.2, 0) is 13.0 Å². The number of nitrogens with two attached hydrogens (primary N) is 1. The summed E-state index contributed by atoms with van der Waals surface area (Å²) in [6, 6.07) is 6.63. The Balaban J connectivity index is 2.50. The summed E-state index contributed by atoms with van der Waals surface area (Å²) in [6.07, 6.45) is 2.02. The highest BCUT2D eigenvalue weighted by Crippen LogP contribution is 2.25. The molecule has 0 saturated carbocycles. The molecular weight excluding hydrogens is 258 g/mol. The molecule has 0 fully saturated rings. The monoisotopic (exact) mass is 287 g/mol. The fourth-order valence-electron chi connectivity index (χ4n) is 2.87. The molecule has 0 aliphatic heterocycles. The SMILES string of the molecule is CCc1ccc2c(c1)nc(C(N)CC(C)C)n2CC(C)C. The Morgan fingerprint density at radius 2 is 1.86 bits per heavy atom. The zero-order chi connectivity index (χ0) is 15.6. The number of aromatic nitrogens is 2. The molecule has 0 amide bonds. The first-order chi connectivity index (χ1) is 9.92. The summed E-state index contributed by atoms with van der Waals surface area (Å²) >= 11 is 0. The third-order valence-electron chi connectivity index (χ3n) is 3.86. The van der Waals surface area contributed by atoms with Crippen molar-refractivity contribution in [1.29, 1.82) is 0 Å². The molecule has 0 aliphatic carbocycles. The number of hydrogen-bond acceptors (Lipinski definition) is 2. The van der Waals surface area contributed by atoms with Crippen molar-refractivity contribution in [2.45, 2.75) is 60.0 Å². The Bertz CT molecular complexity index is 596. The summed E-state index contributed by atoms with van der Waals surface area (Å²) in [5.41, 5.74) is 10.1. The Morgan fingerprint density at radius 1 is 1.14 bits per heavy atom. The summed E-state index contributed by atoms with van der Waals surface area (Å²) in [7, 11) is 0. The van der Waals surface area contributed by atoms with Gasteiger partial charge in [-0.3, -0.25) is 0 Å². The van der Waals surface area contributed by atoms with E-state index >= 15 is 0 Å². The average Bonchev–Trinajstić information content (AvgIpc) is 2.75. The van der Waals surface area contributed by atoms with Gasteiger partial charge in [-0.25, -0.2) is 4.98 Å². The lowest BCUT2D eigenvalue weighted by molar-refractivity contribution is 0.452. The molecule has 0 aliphatic rings. The fourth-order valence-corrected chi connectivity index (χ4v) is 2.87. The zero-order valence-corrected chi connectivity index (χ0v) is 14.1. The quantitative estimate of drug-likeness (QED) is 0.860. The van der Waals surface area contributed by atoms with Crippen molar-refractivity contribution in [3.63, 3.8) is 0 Å². The first-order valence-corrected chi connectivity index (χ1v) is 8.17. The lowest BCUT2D eigenvalue weighted by Crippen LogP contribution is -2.20. The molecule has 2 aromatic rings. The minimum absolute atomic E-state index is 0.0150. The van der Waals surface area contributed by atoms with Gasteiger partial charge in [0.2, 0.25) is 0 Å². The zero-order valence-electron chi connectivity index (χ0n) is 14.1. The predicted octanol–water partition coefficient (Wildman–Crippen LogP) is 4.30. The summed E-state index contributed by atoms with van der Waals surface area (Å²) < 4.78 is 2.33. The number of aryl methyl sites for hydroxylation is 1. The van der Waals surface area contributed by atoms with Crippen LogP contribution >= 0.6 is 0 Å². The van der Waals surface area contributed by atoms with E-state index in [1.807, 2.05) is 0 Å². The van der Waals surface area contributed by atoms with E-state index in [1.165, 1.54) is 11.1 Å². The average molecular weight is 287 g/mol. The van der Waals surface area contributed by atoms with Crippen LogP contribution in [0.15, 0.2) is 18.2 Å². The van der Waals surface area contributed by atoms with Crippen molar-refractivity contribution in [1.82, 2.24) is 9.55 Å². The summed E-state index contributed by atoms with van der Waals surface area (Å²) in [5, 5.41) is 0. The van der Waals surface area contributed by atoms with Gasteiger partial charge in [-0.1, -0.05) is 40.7 Å². The largest absolute Gasteiger partial charge is 0.326 e. The van der Waals surface area contributed by atoms with Crippen LogP contribution in [0.3, 0.4) is 0 Å². The third kappa shape index (κ3) is 3.65. The van der Waals surface area contributed by atoms with Gasteiger partial charge in [0.1, 0.15) is 5.82 Å². The number of hydrogen-bond donors (Lipinski definition) is 1. The molecule has 0 spiro atoms. The van der Waals surface area contributed by atoms with Gasteiger partial charge in [0.25, 0.3) is 0 Å². The fraction of sp³-hybridized carbons (Fsp3) is 0.611. The van der Waals surface area contributed by atoms with Crippen LogP contribution in [0.4, 0.5) is 0 Å². The molecule has 1 aromatic heterocycles. The van der Waals surface area contributed by atoms with Gasteiger partial charge in [-0.15, -0.1) is 0 Å². The Hall–Kier alpha value is -1.35. The standard InChI is InChI=1S/C18H29N3/c1-6-14-7-8-17-16(10-14)20-18(15(19)9-12(2)3)21(17)11-13(4)5/h7-8,10,12-13,15H,6,9,11,19H2,1-5H3. The summed E-state index contributed by atoms with van der Waals surface area (Å²) in [5.74, 6) is 2.21. The molecule has 1 aromatic carbocycles. The van der Waals surface area contributed by atoms with Crippen LogP contribution in [0.5, 0.6) is 0 Å². The topological polar surface area (TPSA) is 43.8 Å². The van der Waals surface area contributed by atoms with Gasteiger partial charge in [0.15, 0.2) is 0 Å². The number of imidazole rings is 1. The first kappa shape index (κ1) is 16.0. The molecule has 1 heterocycles. The third-order valence-corrected chi connectivity index (χ3v) is 3.86. The van der Waals surface area contributed by atoms with E-state index < -0.39 is 0 Å². The molecule has 3 heteroatoms. The Kier molecular flexibility index (Phi) is 5.04. The van der Waals surface area contributed by atoms with Crippen molar-refractivity contribution < 1.29 is 0 Å². The molecule has 21 heavy (non-hydrogen) atoms. The van der Waals surface area contributed by atoms with E-state index in [9.17, 15) is 0 Å². The lowest BCUT2D eigenvalue weighted by atomic mass is 10.0. The molecule has 3 nitrogen and oxygen atoms in total. The molecule has 2 N–H and O–H groups in total. The molecule has 0 bridgehead atoms. The van der Waals surface area contributed by atoms with Crippen molar-refractivity contribution >= 4 is 11.0 Å². The van der Waals surface area contributed by atoms with E-state index in [-0.39, 0.29) is 6.04 Å². The smallest absolute Gasteiger partial charge is 0.126 e. The predicted molar refractivity (Wildman–Crippen MR) is 90.3 cm³/mol. The highest BCUT2D eigenvalue weighted by atomic mass is 15.1. The number of nitrogens with zero attached hydrogens (tertiary/aromatic N) is 2. The second-order valence-electron chi connectivity index (χ2n) is 6.89. The first-order valence-electron chi connectivity index (χ1n) is 8.17. The van der Waals surface area contributed by atoms with Crippen molar-refractivity contribution in [3.8, 4) is 0 Å². The second-order valence-corrected chi connectivity index (χ2v) is 6.89. The normalized spacial score (nSPS) is 13.5. The van der Waals surface area contributed by atoms with Crippen LogP contribution in [0.25, 0.3) is 11.0 Å². The van der Waals surface area contributed by atoms with Gasteiger partial charge in [0.05, 0.1) is 17.1 Å². The number of rotatable bonds is 6.